The smallest absolute Gasteiger partial charge is 0.315 e. The van der Waals surface area contributed by atoms with Crippen LogP contribution in [0.25, 0.3) is 0 Å². The van der Waals surface area contributed by atoms with Gasteiger partial charge in [0.05, 0.1) is 12.3 Å². The Morgan fingerprint density at radius 3 is 2.84 bits per heavy atom. The maximum absolute atomic E-state index is 12.2. The molecular formula is C19H23N3O3. The Morgan fingerprint density at radius 2 is 2.08 bits per heavy atom. The zero-order chi connectivity index (χ0) is 17.8. The highest BCUT2D eigenvalue weighted by Crippen LogP contribution is 2.26. The normalized spacial score (nSPS) is 15.7. The fourth-order valence-electron chi connectivity index (χ4n) is 3.00. The Hall–Kier alpha value is -2.76. The van der Waals surface area contributed by atoms with Crippen molar-refractivity contribution in [3.63, 3.8) is 0 Å². The lowest BCUT2D eigenvalue weighted by atomic mass is 9.98. The zero-order valence-electron chi connectivity index (χ0n) is 14.5. The van der Waals surface area contributed by atoms with Crippen molar-refractivity contribution in [1.29, 1.82) is 0 Å². The van der Waals surface area contributed by atoms with E-state index in [0.29, 0.717) is 12.8 Å². The predicted molar refractivity (Wildman–Crippen MR) is 95.3 cm³/mol. The number of hydrogen-bond donors (Lipinski definition) is 3. The second kappa shape index (κ2) is 7.42. The molecule has 25 heavy (non-hydrogen) atoms. The molecule has 132 valence electrons. The van der Waals surface area contributed by atoms with E-state index in [1.54, 1.807) is 6.26 Å². The standard InChI is InChI=1S/C19H23N3O3/c1-12(10-16-4-3-9-25-16)20-19(24)21-13(2)14-5-7-17-15(11-14)6-8-18(23)22-17/h3-5,7,9,11-13H,6,8,10H2,1-2H3,(H,22,23)(H2,20,21,24)/t12-,13-/m0/s1. The van der Waals surface area contributed by atoms with Gasteiger partial charge in [0, 0.05) is 24.6 Å². The van der Waals surface area contributed by atoms with Crippen LogP contribution in [-0.4, -0.2) is 18.0 Å². The van der Waals surface area contributed by atoms with Crippen LogP contribution < -0.4 is 16.0 Å². The van der Waals surface area contributed by atoms with Gasteiger partial charge in [-0.05, 0) is 49.6 Å². The molecule has 0 bridgehead atoms. The number of urea groups is 1. The highest BCUT2D eigenvalue weighted by molar-refractivity contribution is 5.93. The zero-order valence-corrected chi connectivity index (χ0v) is 14.5. The van der Waals surface area contributed by atoms with Crippen molar-refractivity contribution in [3.8, 4) is 0 Å². The molecule has 3 N–H and O–H groups in total. The molecule has 0 radical (unpaired) electrons. The number of aryl methyl sites for hydroxylation is 1. The number of benzene rings is 1. The van der Waals surface area contributed by atoms with Crippen molar-refractivity contribution in [1.82, 2.24) is 10.6 Å². The lowest BCUT2D eigenvalue weighted by Crippen LogP contribution is -2.42. The van der Waals surface area contributed by atoms with Crippen molar-refractivity contribution in [2.45, 2.75) is 45.2 Å². The van der Waals surface area contributed by atoms with Crippen molar-refractivity contribution >= 4 is 17.6 Å². The molecule has 1 aromatic carbocycles. The SMILES string of the molecule is C[C@H](NC(=O)N[C@@H](C)Cc1ccco1)c1ccc2c(c1)CCC(=O)N2. The second-order valence-electron chi connectivity index (χ2n) is 6.49. The minimum atomic E-state index is -0.211. The van der Waals surface area contributed by atoms with Crippen molar-refractivity contribution in [2.24, 2.45) is 0 Å². The number of carbonyl (C=O) groups is 2. The lowest BCUT2D eigenvalue weighted by Gasteiger charge is -2.21. The van der Waals surface area contributed by atoms with Gasteiger partial charge in [0.15, 0.2) is 0 Å². The highest BCUT2D eigenvalue weighted by Gasteiger charge is 2.17. The average molecular weight is 341 g/mol. The molecule has 0 spiro atoms. The monoisotopic (exact) mass is 341 g/mol. The van der Waals surface area contributed by atoms with Gasteiger partial charge in [0.25, 0.3) is 0 Å². The number of furan rings is 1. The van der Waals surface area contributed by atoms with E-state index >= 15 is 0 Å². The van der Waals surface area contributed by atoms with E-state index in [0.717, 1.165) is 29.0 Å². The van der Waals surface area contributed by atoms with E-state index in [9.17, 15) is 9.59 Å². The summed E-state index contributed by atoms with van der Waals surface area (Å²) in [7, 11) is 0. The van der Waals surface area contributed by atoms with Crippen molar-refractivity contribution < 1.29 is 14.0 Å². The van der Waals surface area contributed by atoms with Crippen LogP contribution in [0.3, 0.4) is 0 Å². The molecule has 3 rings (SSSR count). The van der Waals surface area contributed by atoms with Crippen LogP contribution in [0.5, 0.6) is 0 Å². The van der Waals surface area contributed by atoms with Gasteiger partial charge in [0.1, 0.15) is 5.76 Å². The van der Waals surface area contributed by atoms with Crippen molar-refractivity contribution in [2.75, 3.05) is 5.32 Å². The van der Waals surface area contributed by atoms with Gasteiger partial charge >= 0.3 is 6.03 Å². The topological polar surface area (TPSA) is 83.4 Å². The average Bonchev–Trinajstić information content (AvgIpc) is 3.06. The van der Waals surface area contributed by atoms with Crippen molar-refractivity contribution in [3.05, 3.63) is 53.5 Å². The third kappa shape index (κ3) is 4.41. The van der Waals surface area contributed by atoms with Crippen LogP contribution in [0.15, 0.2) is 41.0 Å². The predicted octanol–water partition coefficient (Wildman–Crippen LogP) is 3.16. The highest BCUT2D eigenvalue weighted by atomic mass is 16.3. The van der Waals surface area contributed by atoms with E-state index in [1.165, 1.54) is 0 Å². The first-order valence-corrected chi connectivity index (χ1v) is 8.53. The molecule has 6 heteroatoms. The molecule has 0 saturated heterocycles. The molecule has 2 atom stereocenters. The van der Waals surface area contributed by atoms with Crippen LogP contribution >= 0.6 is 0 Å². The second-order valence-corrected chi connectivity index (χ2v) is 6.49. The van der Waals surface area contributed by atoms with Gasteiger partial charge in [0.2, 0.25) is 5.91 Å². The molecular weight excluding hydrogens is 318 g/mol. The fourth-order valence-corrected chi connectivity index (χ4v) is 3.00. The number of hydrogen-bond acceptors (Lipinski definition) is 3. The lowest BCUT2D eigenvalue weighted by molar-refractivity contribution is -0.116. The molecule has 0 unspecified atom stereocenters. The van der Waals surface area contributed by atoms with Crippen LogP contribution in [0.2, 0.25) is 0 Å². The largest absolute Gasteiger partial charge is 0.469 e. The minimum absolute atomic E-state index is 0.0305. The van der Waals surface area contributed by atoms with Crippen LogP contribution in [0.4, 0.5) is 10.5 Å². The van der Waals surface area contributed by atoms with Gasteiger partial charge in [-0.2, -0.15) is 0 Å². The summed E-state index contributed by atoms with van der Waals surface area (Å²) in [5.41, 5.74) is 2.99. The van der Waals surface area contributed by atoms with E-state index < -0.39 is 0 Å². The van der Waals surface area contributed by atoms with Gasteiger partial charge in [-0.1, -0.05) is 12.1 Å². The summed E-state index contributed by atoms with van der Waals surface area (Å²) in [6.07, 6.45) is 3.51. The summed E-state index contributed by atoms with van der Waals surface area (Å²) in [6.45, 7) is 3.88. The van der Waals surface area contributed by atoms with Crippen LogP contribution in [0, 0.1) is 0 Å². The molecule has 0 saturated carbocycles. The summed E-state index contributed by atoms with van der Waals surface area (Å²) in [5.74, 6) is 0.897. The molecule has 2 aromatic rings. The first-order valence-electron chi connectivity index (χ1n) is 8.53. The molecule has 6 nitrogen and oxygen atoms in total. The molecule has 1 aliphatic heterocycles. The molecule has 1 aromatic heterocycles. The third-order valence-corrected chi connectivity index (χ3v) is 4.34. The minimum Gasteiger partial charge on any atom is -0.469 e. The Morgan fingerprint density at radius 1 is 1.24 bits per heavy atom. The summed E-state index contributed by atoms with van der Waals surface area (Å²) >= 11 is 0. The number of amides is 3. The summed E-state index contributed by atoms with van der Waals surface area (Å²) in [6, 6.07) is 9.24. The van der Waals surface area contributed by atoms with E-state index in [2.05, 4.69) is 16.0 Å². The van der Waals surface area contributed by atoms with Gasteiger partial charge < -0.3 is 20.4 Å². The van der Waals surface area contributed by atoms with E-state index in [-0.39, 0.29) is 24.0 Å². The fraction of sp³-hybridized carbons (Fsp3) is 0.368. The Balaban J connectivity index is 1.55. The summed E-state index contributed by atoms with van der Waals surface area (Å²) < 4.78 is 5.29. The Kier molecular flexibility index (Phi) is 5.07. The maximum Gasteiger partial charge on any atom is 0.315 e. The van der Waals surface area contributed by atoms with Gasteiger partial charge in [-0.25, -0.2) is 4.79 Å². The third-order valence-electron chi connectivity index (χ3n) is 4.34. The number of carbonyl (C=O) groups excluding carboxylic acids is 2. The summed E-state index contributed by atoms with van der Waals surface area (Å²) in [5, 5.41) is 8.74. The van der Waals surface area contributed by atoms with E-state index in [4.69, 9.17) is 4.42 Å². The van der Waals surface area contributed by atoms with Crippen LogP contribution in [0.1, 0.15) is 43.2 Å². The first-order chi connectivity index (χ1) is 12.0. The molecule has 0 fully saturated rings. The summed E-state index contributed by atoms with van der Waals surface area (Å²) in [4.78, 5) is 23.6. The van der Waals surface area contributed by atoms with Crippen LogP contribution in [-0.2, 0) is 17.6 Å². The first kappa shape index (κ1) is 17.1. The number of nitrogens with one attached hydrogen (secondary N) is 3. The Labute approximate surface area is 147 Å². The maximum atomic E-state index is 12.2. The van der Waals surface area contributed by atoms with Gasteiger partial charge in [-0.15, -0.1) is 0 Å². The number of anilines is 1. The number of fused-ring (bicyclic) bond motifs is 1. The number of rotatable bonds is 5. The molecule has 2 heterocycles. The van der Waals surface area contributed by atoms with E-state index in [1.807, 2.05) is 44.2 Å². The molecule has 0 aliphatic carbocycles. The molecule has 1 aliphatic rings. The Bertz CT molecular complexity index is 755. The quantitative estimate of drug-likeness (QED) is 0.781. The van der Waals surface area contributed by atoms with Gasteiger partial charge in [-0.3, -0.25) is 4.79 Å². The molecule has 3 amide bonds.